The van der Waals surface area contributed by atoms with Gasteiger partial charge in [0.15, 0.2) is 0 Å². The van der Waals surface area contributed by atoms with E-state index in [1.165, 1.54) is 0 Å². The van der Waals surface area contributed by atoms with Crippen LogP contribution < -0.4 is 0 Å². The van der Waals surface area contributed by atoms with Crippen LogP contribution in [0.25, 0.3) is 0 Å². The molecule has 0 saturated carbocycles. The second-order valence-electron chi connectivity index (χ2n) is 3.93. The van der Waals surface area contributed by atoms with Crippen molar-refractivity contribution in [3.05, 3.63) is 30.1 Å². The number of nitrogens with zero attached hydrogens (tertiary/aromatic N) is 2. The average molecular weight is 220 g/mol. The van der Waals surface area contributed by atoms with Crippen molar-refractivity contribution in [2.24, 2.45) is 0 Å². The van der Waals surface area contributed by atoms with Crippen molar-refractivity contribution in [2.45, 2.75) is 18.9 Å². The smallest absolute Gasteiger partial charge is 0.249 e. The van der Waals surface area contributed by atoms with Gasteiger partial charge in [0.05, 0.1) is 11.7 Å². The second-order valence-corrected chi connectivity index (χ2v) is 3.93. The zero-order chi connectivity index (χ0) is 11.4. The van der Waals surface area contributed by atoms with Gasteiger partial charge in [-0.25, -0.2) is 0 Å². The minimum Gasteiger partial charge on any atom is -0.375 e. The molecule has 0 aliphatic carbocycles. The number of hydrogen-bond acceptors (Lipinski definition) is 3. The summed E-state index contributed by atoms with van der Waals surface area (Å²) < 4.78 is 4.89. The van der Waals surface area contributed by atoms with Crippen molar-refractivity contribution in [2.75, 3.05) is 20.3 Å². The molecule has 1 atom stereocenters. The molecule has 16 heavy (non-hydrogen) atoms. The first-order valence-electron chi connectivity index (χ1n) is 5.52. The molecule has 1 saturated heterocycles. The molecule has 0 bridgehead atoms. The lowest BCUT2D eigenvalue weighted by atomic mass is 10.1. The summed E-state index contributed by atoms with van der Waals surface area (Å²) >= 11 is 0. The molecule has 1 aromatic heterocycles. The third kappa shape index (κ3) is 2.22. The van der Waals surface area contributed by atoms with Crippen LogP contribution in [0.15, 0.2) is 24.4 Å². The molecule has 1 amide bonds. The van der Waals surface area contributed by atoms with Crippen LogP contribution in [0.4, 0.5) is 0 Å². The van der Waals surface area contributed by atoms with Crippen LogP contribution in [0.2, 0.25) is 0 Å². The summed E-state index contributed by atoms with van der Waals surface area (Å²) in [7, 11) is 1.55. The number of pyridine rings is 1. The molecule has 86 valence electrons. The molecule has 1 aliphatic heterocycles. The lowest BCUT2D eigenvalue weighted by molar-refractivity contribution is -0.136. The highest BCUT2D eigenvalue weighted by Gasteiger charge is 2.30. The predicted octanol–water partition coefficient (Wildman–Crippen LogP) is 1.39. The van der Waals surface area contributed by atoms with E-state index in [9.17, 15) is 4.79 Å². The summed E-state index contributed by atoms with van der Waals surface area (Å²) in [5, 5.41) is 0. The van der Waals surface area contributed by atoms with Crippen LogP contribution in [0, 0.1) is 0 Å². The van der Waals surface area contributed by atoms with Gasteiger partial charge in [-0.1, -0.05) is 6.07 Å². The number of rotatable bonds is 3. The van der Waals surface area contributed by atoms with Crippen molar-refractivity contribution < 1.29 is 9.53 Å². The Bertz CT molecular complexity index is 353. The predicted molar refractivity (Wildman–Crippen MR) is 59.8 cm³/mol. The van der Waals surface area contributed by atoms with Crippen LogP contribution in [-0.2, 0) is 9.53 Å². The molecule has 1 aliphatic rings. The number of amides is 1. The monoisotopic (exact) mass is 220 g/mol. The van der Waals surface area contributed by atoms with Gasteiger partial charge in [0, 0.05) is 19.9 Å². The van der Waals surface area contributed by atoms with Crippen LogP contribution >= 0.6 is 0 Å². The molecular formula is C12H16N2O2. The van der Waals surface area contributed by atoms with Crippen LogP contribution in [-0.4, -0.2) is 36.1 Å². The van der Waals surface area contributed by atoms with Gasteiger partial charge in [-0.05, 0) is 25.0 Å². The minimum absolute atomic E-state index is 0.0515. The van der Waals surface area contributed by atoms with Gasteiger partial charge in [0.2, 0.25) is 5.91 Å². The van der Waals surface area contributed by atoms with E-state index in [-0.39, 0.29) is 18.6 Å². The van der Waals surface area contributed by atoms with Crippen molar-refractivity contribution in [3.8, 4) is 0 Å². The zero-order valence-corrected chi connectivity index (χ0v) is 9.43. The Kier molecular flexibility index (Phi) is 3.51. The molecule has 0 N–H and O–H groups in total. The number of carbonyl (C=O) groups excluding carboxylic acids is 1. The largest absolute Gasteiger partial charge is 0.375 e. The zero-order valence-electron chi connectivity index (χ0n) is 9.43. The Labute approximate surface area is 95.2 Å². The maximum absolute atomic E-state index is 11.8. The van der Waals surface area contributed by atoms with Gasteiger partial charge in [-0.15, -0.1) is 0 Å². The van der Waals surface area contributed by atoms with Gasteiger partial charge in [0.1, 0.15) is 6.61 Å². The molecule has 0 unspecified atom stereocenters. The molecule has 1 aromatic rings. The summed E-state index contributed by atoms with van der Waals surface area (Å²) in [4.78, 5) is 18.0. The number of methoxy groups -OCH3 is 1. The van der Waals surface area contributed by atoms with E-state index in [0.717, 1.165) is 25.1 Å². The molecule has 0 spiro atoms. The lowest BCUT2D eigenvalue weighted by Gasteiger charge is -2.23. The van der Waals surface area contributed by atoms with Crippen molar-refractivity contribution in [1.82, 2.24) is 9.88 Å². The van der Waals surface area contributed by atoms with Crippen LogP contribution in [0.3, 0.4) is 0 Å². The first-order chi connectivity index (χ1) is 7.83. The summed E-state index contributed by atoms with van der Waals surface area (Å²) in [6.45, 7) is 0.965. The van der Waals surface area contributed by atoms with E-state index < -0.39 is 0 Å². The SMILES string of the molecule is COCC(=O)N1CCC[C@@H]1c1ccccn1. The number of ether oxygens (including phenoxy) is 1. The van der Waals surface area contributed by atoms with Gasteiger partial charge < -0.3 is 9.64 Å². The van der Waals surface area contributed by atoms with Gasteiger partial charge >= 0.3 is 0 Å². The summed E-state index contributed by atoms with van der Waals surface area (Å²) in [6.07, 6.45) is 3.80. The molecule has 4 nitrogen and oxygen atoms in total. The Morgan fingerprint density at radius 2 is 2.50 bits per heavy atom. The first-order valence-corrected chi connectivity index (χ1v) is 5.52. The quantitative estimate of drug-likeness (QED) is 0.773. The number of aromatic nitrogens is 1. The fourth-order valence-corrected chi connectivity index (χ4v) is 2.15. The van der Waals surface area contributed by atoms with E-state index in [2.05, 4.69) is 4.98 Å². The first kappa shape index (κ1) is 11.1. The summed E-state index contributed by atoms with van der Waals surface area (Å²) in [5.41, 5.74) is 0.976. The van der Waals surface area contributed by atoms with Crippen molar-refractivity contribution >= 4 is 5.91 Å². The van der Waals surface area contributed by atoms with E-state index in [0.29, 0.717) is 0 Å². The Morgan fingerprint density at radius 3 is 3.19 bits per heavy atom. The van der Waals surface area contributed by atoms with E-state index in [1.54, 1.807) is 13.3 Å². The molecule has 0 aromatic carbocycles. The highest BCUT2D eigenvalue weighted by Crippen LogP contribution is 2.30. The maximum Gasteiger partial charge on any atom is 0.249 e. The molecule has 2 rings (SSSR count). The second kappa shape index (κ2) is 5.07. The van der Waals surface area contributed by atoms with Crippen LogP contribution in [0.1, 0.15) is 24.6 Å². The Hall–Kier alpha value is -1.42. The maximum atomic E-state index is 11.8. The number of likely N-dealkylation sites (tertiary alicyclic amines) is 1. The molecular weight excluding hydrogens is 204 g/mol. The normalized spacial score (nSPS) is 20.1. The topological polar surface area (TPSA) is 42.4 Å². The summed E-state index contributed by atoms with van der Waals surface area (Å²) in [5.74, 6) is 0.0515. The van der Waals surface area contributed by atoms with Crippen molar-refractivity contribution in [3.63, 3.8) is 0 Å². The highest BCUT2D eigenvalue weighted by atomic mass is 16.5. The Morgan fingerprint density at radius 1 is 1.62 bits per heavy atom. The lowest BCUT2D eigenvalue weighted by Crippen LogP contribution is -2.33. The van der Waals surface area contributed by atoms with Crippen molar-refractivity contribution in [1.29, 1.82) is 0 Å². The van der Waals surface area contributed by atoms with Gasteiger partial charge in [-0.2, -0.15) is 0 Å². The third-order valence-corrected chi connectivity index (χ3v) is 2.87. The molecule has 2 heterocycles. The van der Waals surface area contributed by atoms with E-state index in [1.807, 2.05) is 23.1 Å². The van der Waals surface area contributed by atoms with E-state index in [4.69, 9.17) is 4.74 Å². The molecule has 1 fully saturated rings. The fraction of sp³-hybridized carbons (Fsp3) is 0.500. The standard InChI is InChI=1S/C12H16N2O2/c1-16-9-12(15)14-8-4-6-11(14)10-5-2-3-7-13-10/h2-3,5,7,11H,4,6,8-9H2,1H3/t11-/m1/s1. The van der Waals surface area contributed by atoms with Gasteiger partial charge in [-0.3, -0.25) is 9.78 Å². The van der Waals surface area contributed by atoms with Crippen LogP contribution in [0.5, 0.6) is 0 Å². The summed E-state index contributed by atoms with van der Waals surface area (Å²) in [6, 6.07) is 5.95. The fourth-order valence-electron chi connectivity index (χ4n) is 2.15. The molecule has 4 heteroatoms. The average Bonchev–Trinajstić information content (AvgIpc) is 2.79. The van der Waals surface area contributed by atoms with E-state index >= 15 is 0 Å². The highest BCUT2D eigenvalue weighted by molar-refractivity contribution is 5.78. The van der Waals surface area contributed by atoms with Gasteiger partial charge in [0.25, 0.3) is 0 Å². The third-order valence-electron chi connectivity index (χ3n) is 2.87. The number of hydrogen-bond donors (Lipinski definition) is 0. The number of carbonyl (C=O) groups is 1. The minimum atomic E-state index is 0.0515. The Balaban J connectivity index is 2.12. The molecule has 0 radical (unpaired) electrons.